The molecular weight excluding hydrogens is 578 g/mol. The van der Waals surface area contributed by atoms with E-state index in [1.54, 1.807) is 24.3 Å². The smallest absolute Gasteiger partial charge is 0.336 e. The van der Waals surface area contributed by atoms with Crippen LogP contribution in [-0.2, 0) is 9.59 Å². The first-order valence-corrected chi connectivity index (χ1v) is 12.9. The Hall–Kier alpha value is -3.79. The van der Waals surface area contributed by atoms with Crippen molar-refractivity contribution in [1.82, 2.24) is 10.7 Å². The van der Waals surface area contributed by atoms with E-state index in [0.29, 0.717) is 15.5 Å². The van der Waals surface area contributed by atoms with Gasteiger partial charge in [-0.05, 0) is 35.9 Å². The van der Waals surface area contributed by atoms with Crippen LogP contribution in [0, 0.1) is 0 Å². The molecule has 0 aliphatic carbocycles. The van der Waals surface area contributed by atoms with E-state index in [1.165, 1.54) is 23.6 Å². The zero-order valence-corrected chi connectivity index (χ0v) is 22.3. The Balaban J connectivity index is 1.33. The molecule has 0 spiro atoms. The number of carbonyl (C=O) groups excluding carboxylic acids is 3. The van der Waals surface area contributed by atoms with Gasteiger partial charge in [-0.2, -0.15) is 5.10 Å². The molecule has 10 heteroatoms. The lowest BCUT2D eigenvalue weighted by Crippen LogP contribution is -2.34. The molecule has 1 aromatic heterocycles. The number of nitrogens with zero attached hydrogens (tertiary/aromatic N) is 1. The highest BCUT2D eigenvalue weighted by Gasteiger charge is 2.17. The van der Waals surface area contributed by atoms with Crippen LogP contribution in [0.25, 0.3) is 16.2 Å². The summed E-state index contributed by atoms with van der Waals surface area (Å²) < 4.78 is 7.04. The van der Waals surface area contributed by atoms with Crippen molar-refractivity contribution in [2.24, 2.45) is 5.10 Å². The van der Waals surface area contributed by atoms with E-state index in [-0.39, 0.29) is 12.3 Å². The van der Waals surface area contributed by atoms with Crippen LogP contribution in [0.2, 0.25) is 5.02 Å². The van der Waals surface area contributed by atoms with Gasteiger partial charge in [0.25, 0.3) is 11.8 Å². The summed E-state index contributed by atoms with van der Waals surface area (Å²) in [5.41, 5.74) is 3.66. The molecule has 0 fully saturated rings. The number of nitrogens with one attached hydrogen (secondary N) is 2. The van der Waals surface area contributed by atoms with Crippen LogP contribution in [0.5, 0.6) is 5.75 Å². The number of fused-ring (bicyclic) bond motifs is 1. The molecule has 0 unspecified atom stereocenters. The highest BCUT2D eigenvalue weighted by Crippen LogP contribution is 2.34. The van der Waals surface area contributed by atoms with Gasteiger partial charge in [0, 0.05) is 26.2 Å². The number of esters is 1. The largest absolute Gasteiger partial charge is 0.423 e. The number of benzene rings is 3. The summed E-state index contributed by atoms with van der Waals surface area (Å²) in [6.45, 7) is -0.300. The molecule has 2 N–H and O–H groups in total. The monoisotopic (exact) mass is 595 g/mol. The molecular formula is C27H19BrClN3O4S. The van der Waals surface area contributed by atoms with Gasteiger partial charge in [-0.15, -0.1) is 11.3 Å². The first-order chi connectivity index (χ1) is 17.9. The van der Waals surface area contributed by atoms with Crippen LogP contribution < -0.4 is 15.5 Å². The van der Waals surface area contributed by atoms with Crippen molar-refractivity contribution in [3.05, 3.63) is 104 Å². The lowest BCUT2D eigenvalue weighted by molar-refractivity contribution is -0.129. The molecule has 2 amide bonds. The Labute approximate surface area is 229 Å². The molecule has 0 radical (unpaired) electrons. The van der Waals surface area contributed by atoms with Gasteiger partial charge < -0.3 is 10.1 Å². The summed E-state index contributed by atoms with van der Waals surface area (Å²) in [5.74, 6) is -1.29. The van der Waals surface area contributed by atoms with Crippen molar-refractivity contribution in [1.29, 1.82) is 0 Å². The Morgan fingerprint density at radius 1 is 1.03 bits per heavy atom. The molecule has 0 aliphatic rings. The van der Waals surface area contributed by atoms with E-state index in [2.05, 4.69) is 31.8 Å². The third kappa shape index (κ3) is 7.13. The van der Waals surface area contributed by atoms with Gasteiger partial charge in [0.1, 0.15) is 10.6 Å². The van der Waals surface area contributed by atoms with Crippen LogP contribution in [0.15, 0.2) is 88.4 Å². The van der Waals surface area contributed by atoms with E-state index in [9.17, 15) is 14.4 Å². The summed E-state index contributed by atoms with van der Waals surface area (Å²) in [6.07, 6.45) is 4.32. The Kier molecular flexibility index (Phi) is 8.84. The lowest BCUT2D eigenvalue weighted by atomic mass is 10.2. The summed E-state index contributed by atoms with van der Waals surface area (Å²) in [7, 11) is 0. The number of carbonyl (C=O) groups is 3. The lowest BCUT2D eigenvalue weighted by Gasteiger charge is -2.06. The second kappa shape index (κ2) is 12.4. The Morgan fingerprint density at radius 2 is 1.78 bits per heavy atom. The number of hydrogen-bond donors (Lipinski definition) is 2. The second-order valence-electron chi connectivity index (χ2n) is 7.56. The van der Waals surface area contributed by atoms with Gasteiger partial charge in [-0.3, -0.25) is 9.59 Å². The molecule has 186 valence electrons. The van der Waals surface area contributed by atoms with E-state index >= 15 is 0 Å². The number of rotatable bonds is 8. The maximum atomic E-state index is 12.5. The van der Waals surface area contributed by atoms with Crippen LogP contribution >= 0.6 is 38.9 Å². The van der Waals surface area contributed by atoms with Gasteiger partial charge in [0.15, 0.2) is 0 Å². The minimum Gasteiger partial charge on any atom is -0.423 e. The maximum Gasteiger partial charge on any atom is 0.336 e. The van der Waals surface area contributed by atoms with Gasteiger partial charge in [-0.1, -0.05) is 76.1 Å². The van der Waals surface area contributed by atoms with Crippen LogP contribution in [0.1, 0.15) is 20.8 Å². The quantitative estimate of drug-likeness (QED) is 0.0881. The Morgan fingerprint density at radius 3 is 2.57 bits per heavy atom. The summed E-state index contributed by atoms with van der Waals surface area (Å²) in [5, 5.41) is 7.60. The fourth-order valence-corrected chi connectivity index (χ4v) is 5.01. The first kappa shape index (κ1) is 26.3. The Bertz CT molecular complexity index is 1520. The zero-order chi connectivity index (χ0) is 26.2. The maximum absolute atomic E-state index is 12.5. The highest BCUT2D eigenvalue weighted by atomic mass is 79.9. The van der Waals surface area contributed by atoms with Crippen molar-refractivity contribution in [2.75, 3.05) is 6.54 Å². The van der Waals surface area contributed by atoms with Gasteiger partial charge in [0.05, 0.1) is 17.8 Å². The fraction of sp³-hybridized carbons (Fsp3) is 0.0370. The predicted molar refractivity (Wildman–Crippen MR) is 150 cm³/mol. The average molecular weight is 597 g/mol. The van der Waals surface area contributed by atoms with Gasteiger partial charge in [-0.25, -0.2) is 10.2 Å². The van der Waals surface area contributed by atoms with E-state index < -0.39 is 17.8 Å². The normalized spacial score (nSPS) is 11.2. The van der Waals surface area contributed by atoms with Crippen molar-refractivity contribution >= 4 is 79.0 Å². The van der Waals surface area contributed by atoms with Crippen molar-refractivity contribution in [3.8, 4) is 5.75 Å². The number of thiophene rings is 1. The van der Waals surface area contributed by atoms with Crippen LogP contribution in [0.4, 0.5) is 0 Å². The van der Waals surface area contributed by atoms with Crippen LogP contribution in [-0.4, -0.2) is 30.5 Å². The minimum absolute atomic E-state index is 0.261. The zero-order valence-electron chi connectivity index (χ0n) is 19.1. The SMILES string of the molecule is O=C(CNC(=O)c1sc2ccccc2c1Cl)NN=Cc1cc(Br)ccc1OC(=O)C=Cc1ccccc1. The number of hydrogen-bond acceptors (Lipinski definition) is 6. The predicted octanol–water partition coefficient (Wildman–Crippen LogP) is 5.82. The molecule has 0 saturated heterocycles. The van der Waals surface area contributed by atoms with E-state index in [4.69, 9.17) is 16.3 Å². The summed E-state index contributed by atoms with van der Waals surface area (Å²) >= 11 is 10.9. The molecule has 0 saturated carbocycles. The van der Waals surface area contributed by atoms with Crippen molar-refractivity contribution < 1.29 is 19.1 Å². The molecule has 4 aromatic rings. The number of halogens is 2. The van der Waals surface area contributed by atoms with E-state index in [0.717, 1.165) is 20.1 Å². The molecule has 1 heterocycles. The minimum atomic E-state index is -0.563. The molecule has 37 heavy (non-hydrogen) atoms. The topological polar surface area (TPSA) is 96.9 Å². The average Bonchev–Trinajstić information content (AvgIpc) is 3.24. The molecule has 7 nitrogen and oxygen atoms in total. The highest BCUT2D eigenvalue weighted by molar-refractivity contribution is 9.10. The number of ether oxygens (including phenoxy) is 1. The summed E-state index contributed by atoms with van der Waals surface area (Å²) in [6, 6.07) is 21.8. The standard InChI is InChI=1S/C27H19BrClN3O4S/c28-19-11-12-21(36-24(34)13-10-17-6-2-1-3-7-17)18(14-19)15-31-32-23(33)16-30-27(35)26-25(29)20-8-4-5-9-22(20)37-26/h1-15H,16H2,(H,30,35)(H,32,33). The third-order valence-electron chi connectivity index (χ3n) is 4.94. The summed E-state index contributed by atoms with van der Waals surface area (Å²) in [4.78, 5) is 37.3. The number of hydrazone groups is 1. The molecule has 0 aliphatic heterocycles. The molecule has 0 bridgehead atoms. The molecule has 0 atom stereocenters. The molecule has 4 rings (SSSR count). The van der Waals surface area contributed by atoms with Crippen molar-refractivity contribution in [3.63, 3.8) is 0 Å². The van der Waals surface area contributed by atoms with Gasteiger partial charge in [0.2, 0.25) is 0 Å². The molecule has 3 aromatic carbocycles. The second-order valence-corrected chi connectivity index (χ2v) is 9.91. The van der Waals surface area contributed by atoms with Crippen molar-refractivity contribution in [2.45, 2.75) is 0 Å². The van der Waals surface area contributed by atoms with Gasteiger partial charge >= 0.3 is 5.97 Å². The van der Waals surface area contributed by atoms with Crippen LogP contribution in [0.3, 0.4) is 0 Å². The fourth-order valence-electron chi connectivity index (χ4n) is 3.20. The van der Waals surface area contributed by atoms with E-state index in [1.807, 2.05) is 54.6 Å². The third-order valence-corrected chi connectivity index (χ3v) is 7.10. The number of amides is 2. The first-order valence-electron chi connectivity index (χ1n) is 10.9.